The van der Waals surface area contributed by atoms with Crippen LogP contribution in [-0.2, 0) is 12.6 Å². The molecule has 116 valence electrons. The van der Waals surface area contributed by atoms with E-state index in [1.54, 1.807) is 12.1 Å². The average molecular weight is 297 g/mol. The van der Waals surface area contributed by atoms with Gasteiger partial charge in [0.05, 0.1) is 5.56 Å². The first-order valence-electron chi connectivity index (χ1n) is 7.80. The zero-order valence-corrected chi connectivity index (χ0v) is 12.3. The van der Waals surface area contributed by atoms with E-state index in [1.807, 2.05) is 7.05 Å². The molecule has 0 spiro atoms. The highest BCUT2D eigenvalue weighted by molar-refractivity contribution is 5.25. The van der Waals surface area contributed by atoms with Gasteiger partial charge >= 0.3 is 6.18 Å². The Morgan fingerprint density at radius 1 is 1.14 bits per heavy atom. The zero-order valence-electron chi connectivity index (χ0n) is 12.3. The number of likely N-dealkylation sites (N-methyl/N-ethyl adjacent to an activating group) is 1. The molecule has 3 rings (SSSR count). The van der Waals surface area contributed by atoms with Crippen molar-refractivity contribution in [2.75, 3.05) is 7.05 Å². The van der Waals surface area contributed by atoms with Crippen LogP contribution in [0, 0.1) is 17.8 Å². The van der Waals surface area contributed by atoms with Gasteiger partial charge in [0.15, 0.2) is 0 Å². The molecule has 1 aromatic rings. The van der Waals surface area contributed by atoms with Gasteiger partial charge in [-0.2, -0.15) is 13.2 Å². The lowest BCUT2D eigenvalue weighted by Crippen LogP contribution is -2.38. The first-order valence-corrected chi connectivity index (χ1v) is 7.80. The second-order valence-corrected chi connectivity index (χ2v) is 6.63. The molecule has 2 bridgehead atoms. The number of benzene rings is 1. The average Bonchev–Trinajstić information content (AvgIpc) is 3.07. The fourth-order valence-corrected chi connectivity index (χ4v) is 4.34. The van der Waals surface area contributed by atoms with Gasteiger partial charge in [0.1, 0.15) is 0 Å². The lowest BCUT2D eigenvalue weighted by atomic mass is 9.81. The lowest BCUT2D eigenvalue weighted by molar-refractivity contribution is -0.137. The third-order valence-corrected chi connectivity index (χ3v) is 5.42. The Balaban J connectivity index is 1.67. The van der Waals surface area contributed by atoms with Gasteiger partial charge in [0.2, 0.25) is 0 Å². The van der Waals surface area contributed by atoms with Gasteiger partial charge in [-0.15, -0.1) is 0 Å². The minimum Gasteiger partial charge on any atom is -0.316 e. The summed E-state index contributed by atoms with van der Waals surface area (Å²) in [4.78, 5) is 0. The smallest absolute Gasteiger partial charge is 0.316 e. The standard InChI is InChI=1S/C17H22F3N/c1-21-16(15-9-12-2-5-13(15)8-12)10-11-3-6-14(7-4-11)17(18,19)20/h3-4,6-7,12-13,15-16,21H,2,5,8-10H2,1H3. The molecule has 0 saturated heterocycles. The van der Waals surface area contributed by atoms with Crippen molar-refractivity contribution in [1.82, 2.24) is 5.32 Å². The van der Waals surface area contributed by atoms with Gasteiger partial charge < -0.3 is 5.32 Å². The maximum atomic E-state index is 12.6. The summed E-state index contributed by atoms with van der Waals surface area (Å²) < 4.78 is 37.8. The first-order chi connectivity index (χ1) is 9.97. The summed E-state index contributed by atoms with van der Waals surface area (Å²) in [7, 11) is 1.97. The van der Waals surface area contributed by atoms with Crippen molar-refractivity contribution in [3.63, 3.8) is 0 Å². The van der Waals surface area contributed by atoms with Crippen LogP contribution in [0.15, 0.2) is 24.3 Å². The normalized spacial score (nSPS) is 29.8. The Hall–Kier alpha value is -1.03. The highest BCUT2D eigenvalue weighted by Crippen LogP contribution is 2.49. The maximum Gasteiger partial charge on any atom is 0.416 e. The van der Waals surface area contributed by atoms with Gasteiger partial charge in [-0.3, -0.25) is 0 Å². The van der Waals surface area contributed by atoms with Crippen LogP contribution >= 0.6 is 0 Å². The Morgan fingerprint density at radius 2 is 1.86 bits per heavy atom. The molecule has 0 heterocycles. The van der Waals surface area contributed by atoms with Crippen molar-refractivity contribution in [2.24, 2.45) is 17.8 Å². The quantitative estimate of drug-likeness (QED) is 0.875. The number of rotatable bonds is 4. The second kappa shape index (κ2) is 5.64. The number of fused-ring (bicyclic) bond motifs is 2. The largest absolute Gasteiger partial charge is 0.416 e. The maximum absolute atomic E-state index is 12.6. The summed E-state index contributed by atoms with van der Waals surface area (Å²) in [6.45, 7) is 0. The van der Waals surface area contributed by atoms with Crippen molar-refractivity contribution in [3.05, 3.63) is 35.4 Å². The summed E-state index contributed by atoms with van der Waals surface area (Å²) in [5.41, 5.74) is 0.428. The molecule has 0 aliphatic heterocycles. The number of hydrogen-bond donors (Lipinski definition) is 1. The molecule has 4 atom stereocenters. The number of nitrogens with one attached hydrogen (secondary N) is 1. The summed E-state index contributed by atoms with van der Waals surface area (Å²) >= 11 is 0. The molecule has 2 aliphatic rings. The minimum absolute atomic E-state index is 0.386. The van der Waals surface area contributed by atoms with E-state index in [-0.39, 0.29) is 0 Å². The number of alkyl halides is 3. The molecule has 21 heavy (non-hydrogen) atoms. The minimum atomic E-state index is -4.24. The van der Waals surface area contributed by atoms with Crippen molar-refractivity contribution in [3.8, 4) is 0 Å². The molecule has 2 aliphatic carbocycles. The Labute approximate surface area is 123 Å². The van der Waals surface area contributed by atoms with Crippen LogP contribution in [0.3, 0.4) is 0 Å². The third kappa shape index (κ3) is 3.10. The molecule has 1 N–H and O–H groups in total. The predicted octanol–water partition coefficient (Wildman–Crippen LogP) is 4.27. The summed E-state index contributed by atoms with van der Waals surface area (Å²) in [5, 5.41) is 3.40. The molecular weight excluding hydrogens is 275 g/mol. The molecule has 4 unspecified atom stereocenters. The van der Waals surface area contributed by atoms with Crippen LogP contribution in [0.2, 0.25) is 0 Å². The van der Waals surface area contributed by atoms with Crippen LogP contribution in [0.5, 0.6) is 0 Å². The van der Waals surface area contributed by atoms with Gasteiger partial charge in [-0.05, 0) is 68.2 Å². The van der Waals surface area contributed by atoms with Gasteiger partial charge in [-0.25, -0.2) is 0 Å². The Kier molecular flexibility index (Phi) is 4.00. The van der Waals surface area contributed by atoms with Crippen molar-refractivity contribution in [1.29, 1.82) is 0 Å². The van der Waals surface area contributed by atoms with Crippen LogP contribution in [0.1, 0.15) is 36.8 Å². The van der Waals surface area contributed by atoms with Gasteiger partial charge in [-0.1, -0.05) is 18.6 Å². The van der Waals surface area contributed by atoms with E-state index < -0.39 is 11.7 Å². The number of hydrogen-bond acceptors (Lipinski definition) is 1. The van der Waals surface area contributed by atoms with Crippen molar-refractivity contribution in [2.45, 2.75) is 44.3 Å². The van der Waals surface area contributed by atoms with Crippen LogP contribution in [0.4, 0.5) is 13.2 Å². The summed E-state index contributed by atoms with van der Waals surface area (Å²) in [6, 6.07) is 6.03. The molecule has 2 fully saturated rings. The molecule has 1 aromatic carbocycles. The van der Waals surface area contributed by atoms with Crippen LogP contribution in [-0.4, -0.2) is 13.1 Å². The highest BCUT2D eigenvalue weighted by Gasteiger charge is 2.42. The molecule has 0 radical (unpaired) electrons. The van der Waals surface area contributed by atoms with Crippen molar-refractivity contribution < 1.29 is 13.2 Å². The van der Waals surface area contributed by atoms with E-state index in [4.69, 9.17) is 0 Å². The zero-order chi connectivity index (χ0) is 15.0. The fourth-order valence-electron chi connectivity index (χ4n) is 4.34. The van der Waals surface area contributed by atoms with Crippen molar-refractivity contribution >= 4 is 0 Å². The van der Waals surface area contributed by atoms with E-state index in [0.717, 1.165) is 23.8 Å². The highest BCUT2D eigenvalue weighted by atomic mass is 19.4. The molecule has 0 aromatic heterocycles. The molecule has 4 heteroatoms. The summed E-state index contributed by atoms with van der Waals surface area (Å²) in [5.74, 6) is 2.40. The topological polar surface area (TPSA) is 12.0 Å². The number of halogens is 3. The lowest BCUT2D eigenvalue weighted by Gasteiger charge is -2.30. The fraction of sp³-hybridized carbons (Fsp3) is 0.647. The Morgan fingerprint density at radius 3 is 2.33 bits per heavy atom. The SMILES string of the molecule is CNC(Cc1ccc(C(F)(F)F)cc1)C1CC2CCC1C2. The van der Waals surface area contributed by atoms with Crippen LogP contribution in [0.25, 0.3) is 0 Å². The van der Waals surface area contributed by atoms with E-state index in [9.17, 15) is 13.2 Å². The Bertz CT molecular complexity index is 480. The molecule has 1 nitrogen and oxygen atoms in total. The molecule has 2 saturated carbocycles. The van der Waals surface area contributed by atoms with E-state index in [2.05, 4.69) is 5.32 Å². The monoisotopic (exact) mass is 297 g/mol. The van der Waals surface area contributed by atoms with Gasteiger partial charge in [0, 0.05) is 6.04 Å². The van der Waals surface area contributed by atoms with E-state index >= 15 is 0 Å². The van der Waals surface area contributed by atoms with Gasteiger partial charge in [0.25, 0.3) is 0 Å². The third-order valence-electron chi connectivity index (χ3n) is 5.42. The van der Waals surface area contributed by atoms with E-state index in [1.165, 1.54) is 37.8 Å². The summed E-state index contributed by atoms with van der Waals surface area (Å²) in [6.07, 6.45) is 1.93. The van der Waals surface area contributed by atoms with Crippen LogP contribution < -0.4 is 5.32 Å². The first kappa shape index (κ1) is 14.9. The predicted molar refractivity (Wildman–Crippen MR) is 76.9 cm³/mol. The molecule has 0 amide bonds. The second-order valence-electron chi connectivity index (χ2n) is 6.63. The molecular formula is C17H22F3N. The van der Waals surface area contributed by atoms with E-state index in [0.29, 0.717) is 12.0 Å².